The summed E-state index contributed by atoms with van der Waals surface area (Å²) in [4.78, 5) is 23.9. The van der Waals surface area contributed by atoms with Gasteiger partial charge in [0.2, 0.25) is 0 Å². The van der Waals surface area contributed by atoms with Crippen LogP contribution in [0.15, 0.2) is 16.9 Å². The fourth-order valence-electron chi connectivity index (χ4n) is 2.49. The number of pyridine rings is 1. The summed E-state index contributed by atoms with van der Waals surface area (Å²) in [5.41, 5.74) is -0.500. The van der Waals surface area contributed by atoms with Crippen molar-refractivity contribution in [2.75, 3.05) is 0 Å². The maximum atomic E-state index is 12.5. The Morgan fingerprint density at radius 2 is 1.86 bits per heavy atom. The van der Waals surface area contributed by atoms with E-state index in [0.717, 1.165) is 9.13 Å². The third-order valence-electron chi connectivity index (χ3n) is 3.28. The molecule has 0 fully saturated rings. The Morgan fingerprint density at radius 1 is 1.29 bits per heavy atom. The zero-order valence-corrected chi connectivity index (χ0v) is 14.3. The molecule has 0 unspecified atom stereocenters. The van der Waals surface area contributed by atoms with E-state index in [1.165, 1.54) is 4.57 Å². The SMILES string of the molecule is Cc1cc(I)cc2c(O)c(C(=O)O)c(=O)n(C(C)(C)C)c12. The second-order valence-electron chi connectivity index (χ2n) is 5.96. The average molecular weight is 401 g/mol. The molecule has 0 spiro atoms. The third kappa shape index (κ3) is 2.52. The predicted molar refractivity (Wildman–Crippen MR) is 89.3 cm³/mol. The smallest absolute Gasteiger partial charge is 0.345 e. The number of carbonyl (C=O) groups is 1. The average Bonchev–Trinajstić information content (AvgIpc) is 2.28. The van der Waals surface area contributed by atoms with Gasteiger partial charge in [-0.3, -0.25) is 4.79 Å². The van der Waals surface area contributed by atoms with Crippen molar-refractivity contribution in [3.05, 3.63) is 37.2 Å². The van der Waals surface area contributed by atoms with Crippen molar-refractivity contribution < 1.29 is 15.0 Å². The first kappa shape index (κ1) is 15.8. The Kier molecular flexibility index (Phi) is 3.77. The molecule has 0 amide bonds. The fourth-order valence-corrected chi connectivity index (χ4v) is 3.27. The maximum absolute atomic E-state index is 12.5. The molecule has 0 atom stereocenters. The van der Waals surface area contributed by atoms with Crippen LogP contribution in [0.5, 0.6) is 5.75 Å². The number of carboxylic acid groups (broad SMARTS) is 1. The van der Waals surface area contributed by atoms with Gasteiger partial charge in [-0.15, -0.1) is 0 Å². The van der Waals surface area contributed by atoms with Crippen molar-refractivity contribution in [3.8, 4) is 5.75 Å². The third-order valence-corrected chi connectivity index (χ3v) is 3.91. The number of halogens is 1. The van der Waals surface area contributed by atoms with E-state index in [4.69, 9.17) is 0 Å². The Balaban J connectivity index is 3.21. The quantitative estimate of drug-likeness (QED) is 0.720. The van der Waals surface area contributed by atoms with Crippen LogP contribution in [0.1, 0.15) is 36.7 Å². The van der Waals surface area contributed by atoms with Crippen molar-refractivity contribution in [1.29, 1.82) is 0 Å². The number of carboxylic acids is 1. The fraction of sp³-hybridized carbons (Fsp3) is 0.333. The van der Waals surface area contributed by atoms with Crippen LogP contribution in [0.4, 0.5) is 0 Å². The highest BCUT2D eigenvalue weighted by molar-refractivity contribution is 14.1. The van der Waals surface area contributed by atoms with E-state index in [1.54, 1.807) is 6.07 Å². The molecule has 0 saturated heterocycles. The van der Waals surface area contributed by atoms with Crippen molar-refractivity contribution in [1.82, 2.24) is 4.57 Å². The number of aromatic hydroxyl groups is 1. The largest absolute Gasteiger partial charge is 0.506 e. The van der Waals surface area contributed by atoms with Gasteiger partial charge in [0.15, 0.2) is 5.56 Å². The summed E-state index contributed by atoms with van der Waals surface area (Å²) in [5.74, 6) is -1.89. The van der Waals surface area contributed by atoms with Crippen molar-refractivity contribution >= 4 is 39.5 Å². The molecule has 0 aliphatic rings. The van der Waals surface area contributed by atoms with Gasteiger partial charge >= 0.3 is 5.97 Å². The van der Waals surface area contributed by atoms with Gasteiger partial charge in [-0.25, -0.2) is 4.79 Å². The molecule has 112 valence electrons. The van der Waals surface area contributed by atoms with E-state index in [0.29, 0.717) is 10.9 Å². The van der Waals surface area contributed by atoms with Gasteiger partial charge in [-0.1, -0.05) is 0 Å². The number of hydrogen-bond donors (Lipinski definition) is 2. The number of aryl methyl sites for hydroxylation is 1. The van der Waals surface area contributed by atoms with Gasteiger partial charge in [-0.05, 0) is 68.0 Å². The Labute approximate surface area is 135 Å². The highest BCUT2D eigenvalue weighted by atomic mass is 127. The Hall–Kier alpha value is -1.57. The first-order valence-corrected chi connectivity index (χ1v) is 7.45. The molecule has 1 aromatic carbocycles. The first-order chi connectivity index (χ1) is 9.55. The molecule has 5 nitrogen and oxygen atoms in total. The minimum Gasteiger partial charge on any atom is -0.506 e. The second-order valence-corrected chi connectivity index (χ2v) is 7.20. The van der Waals surface area contributed by atoms with Gasteiger partial charge in [0.25, 0.3) is 5.56 Å². The zero-order valence-electron chi connectivity index (χ0n) is 12.2. The van der Waals surface area contributed by atoms with Gasteiger partial charge in [0.1, 0.15) is 5.75 Å². The summed E-state index contributed by atoms with van der Waals surface area (Å²) in [6, 6.07) is 3.58. The Morgan fingerprint density at radius 3 is 2.33 bits per heavy atom. The Bertz CT molecular complexity index is 815. The topological polar surface area (TPSA) is 79.5 Å². The van der Waals surface area contributed by atoms with Crippen molar-refractivity contribution in [2.24, 2.45) is 0 Å². The van der Waals surface area contributed by atoms with Crippen LogP contribution in [-0.4, -0.2) is 20.7 Å². The minimum absolute atomic E-state index is 0.381. The molecular weight excluding hydrogens is 385 g/mol. The van der Waals surface area contributed by atoms with Gasteiger partial charge in [0, 0.05) is 14.5 Å². The summed E-state index contributed by atoms with van der Waals surface area (Å²) >= 11 is 2.09. The molecule has 1 aromatic heterocycles. The molecule has 2 N–H and O–H groups in total. The van der Waals surface area contributed by atoms with E-state index in [-0.39, 0.29) is 0 Å². The van der Waals surface area contributed by atoms with E-state index < -0.39 is 28.4 Å². The zero-order chi connectivity index (χ0) is 16.1. The lowest BCUT2D eigenvalue weighted by Crippen LogP contribution is -2.37. The van der Waals surface area contributed by atoms with Crippen LogP contribution in [0.25, 0.3) is 10.9 Å². The maximum Gasteiger partial charge on any atom is 0.345 e. The number of aromatic carboxylic acids is 1. The molecular formula is C15H16INO4. The summed E-state index contributed by atoms with van der Waals surface area (Å²) < 4.78 is 2.31. The number of hydrogen-bond acceptors (Lipinski definition) is 3. The van der Waals surface area contributed by atoms with E-state index >= 15 is 0 Å². The van der Waals surface area contributed by atoms with Crippen LogP contribution in [-0.2, 0) is 5.54 Å². The number of fused-ring (bicyclic) bond motifs is 1. The molecule has 6 heteroatoms. The van der Waals surface area contributed by atoms with Crippen LogP contribution in [0.3, 0.4) is 0 Å². The van der Waals surface area contributed by atoms with Crippen LogP contribution < -0.4 is 5.56 Å². The molecule has 0 saturated carbocycles. The lowest BCUT2D eigenvalue weighted by atomic mass is 10.0. The standard InChI is InChI=1S/C15H16INO4/c1-7-5-8(16)6-9-11(7)17(15(2,3)4)13(19)10(12(9)18)14(20)21/h5-6,18H,1-4H3,(H,20,21). The summed E-state index contributed by atoms with van der Waals surface area (Å²) in [5, 5.41) is 19.9. The van der Waals surface area contributed by atoms with Crippen LogP contribution >= 0.6 is 22.6 Å². The summed E-state index contributed by atoms with van der Waals surface area (Å²) in [7, 11) is 0. The number of benzene rings is 1. The van der Waals surface area contributed by atoms with Crippen LogP contribution in [0.2, 0.25) is 0 Å². The molecule has 2 aromatic rings. The molecule has 0 radical (unpaired) electrons. The molecule has 1 heterocycles. The summed E-state index contributed by atoms with van der Waals surface area (Å²) in [6.07, 6.45) is 0. The van der Waals surface area contributed by atoms with Crippen LogP contribution in [0, 0.1) is 10.5 Å². The highest BCUT2D eigenvalue weighted by Gasteiger charge is 2.27. The lowest BCUT2D eigenvalue weighted by molar-refractivity contribution is 0.0691. The van der Waals surface area contributed by atoms with E-state index in [1.807, 2.05) is 33.8 Å². The van der Waals surface area contributed by atoms with E-state index in [9.17, 15) is 19.8 Å². The summed E-state index contributed by atoms with van der Waals surface area (Å²) in [6.45, 7) is 7.32. The number of aromatic nitrogens is 1. The molecule has 21 heavy (non-hydrogen) atoms. The van der Waals surface area contributed by atoms with Crippen molar-refractivity contribution in [2.45, 2.75) is 33.2 Å². The lowest BCUT2D eigenvalue weighted by Gasteiger charge is -2.27. The number of nitrogens with zero attached hydrogens (tertiary/aromatic N) is 1. The first-order valence-electron chi connectivity index (χ1n) is 6.37. The van der Waals surface area contributed by atoms with E-state index in [2.05, 4.69) is 22.6 Å². The number of rotatable bonds is 1. The molecule has 0 bridgehead atoms. The molecule has 0 aliphatic heterocycles. The van der Waals surface area contributed by atoms with Gasteiger partial charge in [0.05, 0.1) is 5.52 Å². The predicted octanol–water partition coefficient (Wildman–Crippen LogP) is 3.07. The monoisotopic (exact) mass is 401 g/mol. The second kappa shape index (κ2) is 5.01. The van der Waals surface area contributed by atoms with Gasteiger partial charge in [-0.2, -0.15) is 0 Å². The van der Waals surface area contributed by atoms with Crippen molar-refractivity contribution in [3.63, 3.8) is 0 Å². The normalized spacial score (nSPS) is 11.9. The molecule has 0 aliphatic carbocycles. The highest BCUT2D eigenvalue weighted by Crippen LogP contribution is 2.32. The molecule has 2 rings (SSSR count). The minimum atomic E-state index is -1.42. The van der Waals surface area contributed by atoms with Gasteiger partial charge < -0.3 is 14.8 Å².